The summed E-state index contributed by atoms with van der Waals surface area (Å²) < 4.78 is 0. The van der Waals surface area contributed by atoms with Crippen molar-refractivity contribution in [1.82, 2.24) is 0 Å². The summed E-state index contributed by atoms with van der Waals surface area (Å²) in [5.74, 6) is 1.02. The van der Waals surface area contributed by atoms with Crippen molar-refractivity contribution in [2.75, 3.05) is 0 Å². The zero-order valence-corrected chi connectivity index (χ0v) is 30.2. The lowest BCUT2D eigenvalue weighted by molar-refractivity contribution is 0.366. The van der Waals surface area contributed by atoms with Crippen LogP contribution >= 0.6 is 0 Å². The smallest absolute Gasteiger partial charge is 0.0414 e. The van der Waals surface area contributed by atoms with E-state index in [4.69, 9.17) is 0 Å². The molecule has 1 radical (unpaired) electrons. The molecule has 0 heterocycles. The third-order valence-corrected chi connectivity index (χ3v) is 10.0. The van der Waals surface area contributed by atoms with Gasteiger partial charge in [-0.05, 0) is 5.92 Å². The van der Waals surface area contributed by atoms with Crippen LogP contribution < -0.4 is 0 Å². The van der Waals surface area contributed by atoms with Crippen LogP contribution in [0.25, 0.3) is 0 Å². The molecule has 1 atom stereocenters. The molecule has 0 spiro atoms. The SMILES string of the molecule is [CH2]CCCCCC(CCCCCCCCCCCCCC)CCCCCCCCCCCCCCCCCCCCC. The Kier molecular flexibility index (Phi) is 39.0. The van der Waals surface area contributed by atoms with Crippen molar-refractivity contribution in [2.24, 2.45) is 5.92 Å². The molecule has 0 N–H and O–H groups in total. The Morgan fingerprint density at radius 2 is 0.452 bits per heavy atom. The highest BCUT2D eigenvalue weighted by Crippen LogP contribution is 2.25. The van der Waals surface area contributed by atoms with E-state index >= 15 is 0 Å². The Morgan fingerprint density at radius 1 is 0.262 bits per heavy atom. The van der Waals surface area contributed by atoms with Crippen molar-refractivity contribution in [3.8, 4) is 0 Å². The van der Waals surface area contributed by atoms with Crippen LogP contribution in [0, 0.1) is 12.8 Å². The summed E-state index contributed by atoms with van der Waals surface area (Å²) in [5.41, 5.74) is 0. The van der Waals surface area contributed by atoms with E-state index in [1.54, 1.807) is 0 Å². The van der Waals surface area contributed by atoms with Gasteiger partial charge in [0.1, 0.15) is 0 Å². The van der Waals surface area contributed by atoms with Crippen LogP contribution in [-0.4, -0.2) is 0 Å². The van der Waals surface area contributed by atoms with Gasteiger partial charge in [-0.3, -0.25) is 0 Å². The molecule has 0 aromatic heterocycles. The normalized spacial score (nSPS) is 12.4. The molecule has 0 saturated heterocycles. The van der Waals surface area contributed by atoms with Gasteiger partial charge in [0.15, 0.2) is 0 Å². The van der Waals surface area contributed by atoms with E-state index in [0.717, 1.165) is 12.3 Å². The van der Waals surface area contributed by atoms with Gasteiger partial charge in [0.25, 0.3) is 0 Å². The molecule has 253 valence electrons. The summed E-state index contributed by atoms with van der Waals surface area (Å²) in [6.07, 6.45) is 55.6. The minimum Gasteiger partial charge on any atom is -0.0654 e. The molecule has 0 aromatic carbocycles. The monoisotopic (exact) mass is 590 g/mol. The topological polar surface area (TPSA) is 0 Å². The van der Waals surface area contributed by atoms with Crippen molar-refractivity contribution in [2.45, 2.75) is 258 Å². The van der Waals surface area contributed by atoms with Gasteiger partial charge in [-0.15, -0.1) is 0 Å². The first kappa shape index (κ1) is 42.0. The first-order chi connectivity index (χ1) is 20.8. The molecule has 0 fully saturated rings. The maximum atomic E-state index is 4.05. The number of rotatable bonds is 38. The highest BCUT2D eigenvalue weighted by atomic mass is 14.1. The van der Waals surface area contributed by atoms with E-state index in [2.05, 4.69) is 20.8 Å². The molecule has 0 rings (SSSR count). The zero-order valence-electron chi connectivity index (χ0n) is 30.2. The fraction of sp³-hybridized carbons (Fsp3) is 0.976. The van der Waals surface area contributed by atoms with Gasteiger partial charge >= 0.3 is 0 Å². The molecule has 1 unspecified atom stereocenters. The average molecular weight is 590 g/mol. The number of unbranched alkanes of at least 4 members (excludes halogenated alkanes) is 32. The fourth-order valence-corrected chi connectivity index (χ4v) is 7.01. The van der Waals surface area contributed by atoms with Crippen molar-refractivity contribution < 1.29 is 0 Å². The second-order valence-electron chi connectivity index (χ2n) is 14.4. The van der Waals surface area contributed by atoms with Crippen molar-refractivity contribution in [3.05, 3.63) is 6.92 Å². The molecule has 0 heteroatoms. The molecule has 0 amide bonds. The van der Waals surface area contributed by atoms with Gasteiger partial charge in [-0.25, -0.2) is 0 Å². The van der Waals surface area contributed by atoms with Crippen LogP contribution in [0.4, 0.5) is 0 Å². The van der Waals surface area contributed by atoms with E-state index in [0.29, 0.717) is 0 Å². The third kappa shape index (κ3) is 36.2. The van der Waals surface area contributed by atoms with Crippen LogP contribution in [0.2, 0.25) is 0 Å². The van der Waals surface area contributed by atoms with Gasteiger partial charge in [-0.1, -0.05) is 265 Å². The van der Waals surface area contributed by atoms with E-state index in [-0.39, 0.29) is 0 Å². The van der Waals surface area contributed by atoms with Crippen LogP contribution in [0.1, 0.15) is 258 Å². The summed E-state index contributed by atoms with van der Waals surface area (Å²) >= 11 is 0. The molecular formula is C42H85. The summed E-state index contributed by atoms with van der Waals surface area (Å²) in [6.45, 7) is 8.67. The first-order valence-corrected chi connectivity index (χ1v) is 20.6. The standard InChI is InChI=1S/C42H85/c1-4-7-10-13-15-17-19-21-22-23-24-25-26-27-29-31-33-35-38-41-42(39-36-12-9-6-3)40-37-34-32-30-28-20-18-16-14-11-8-5-2/h42H,3-41H2,1-2H3. The Hall–Kier alpha value is 0. The van der Waals surface area contributed by atoms with E-state index in [1.165, 1.54) is 238 Å². The molecule has 42 heavy (non-hydrogen) atoms. The second-order valence-corrected chi connectivity index (χ2v) is 14.4. The van der Waals surface area contributed by atoms with Gasteiger partial charge in [0.05, 0.1) is 0 Å². The highest BCUT2D eigenvalue weighted by Gasteiger charge is 2.09. The summed E-state index contributed by atoms with van der Waals surface area (Å²) in [5, 5.41) is 0. The third-order valence-electron chi connectivity index (χ3n) is 10.0. The van der Waals surface area contributed by atoms with Crippen LogP contribution in [0.5, 0.6) is 0 Å². The molecule has 0 bridgehead atoms. The summed E-state index contributed by atoms with van der Waals surface area (Å²) in [4.78, 5) is 0. The number of hydrogen-bond donors (Lipinski definition) is 0. The van der Waals surface area contributed by atoms with Gasteiger partial charge in [0.2, 0.25) is 0 Å². The maximum absolute atomic E-state index is 4.05. The molecular weight excluding hydrogens is 504 g/mol. The van der Waals surface area contributed by atoms with E-state index in [1.807, 2.05) is 0 Å². The van der Waals surface area contributed by atoms with Crippen molar-refractivity contribution >= 4 is 0 Å². The summed E-state index contributed by atoms with van der Waals surface area (Å²) in [6, 6.07) is 0. The summed E-state index contributed by atoms with van der Waals surface area (Å²) in [7, 11) is 0. The molecule has 0 aliphatic carbocycles. The molecule has 0 aromatic rings. The minimum atomic E-state index is 1.02. The Morgan fingerprint density at radius 3 is 0.667 bits per heavy atom. The number of hydrogen-bond acceptors (Lipinski definition) is 0. The fourth-order valence-electron chi connectivity index (χ4n) is 7.01. The highest BCUT2D eigenvalue weighted by molar-refractivity contribution is 4.62. The van der Waals surface area contributed by atoms with Crippen molar-refractivity contribution in [3.63, 3.8) is 0 Å². The van der Waals surface area contributed by atoms with Gasteiger partial charge in [-0.2, -0.15) is 0 Å². The second kappa shape index (κ2) is 39.0. The van der Waals surface area contributed by atoms with Crippen LogP contribution in [-0.2, 0) is 0 Å². The Balaban J connectivity index is 3.57. The van der Waals surface area contributed by atoms with Gasteiger partial charge < -0.3 is 0 Å². The molecule has 0 saturated carbocycles. The Labute approximate surface area is 270 Å². The van der Waals surface area contributed by atoms with E-state index in [9.17, 15) is 0 Å². The van der Waals surface area contributed by atoms with Gasteiger partial charge in [0, 0.05) is 0 Å². The predicted molar refractivity (Wildman–Crippen MR) is 196 cm³/mol. The largest absolute Gasteiger partial charge is 0.0654 e. The average Bonchev–Trinajstić information content (AvgIpc) is 3.00. The lowest BCUT2D eigenvalue weighted by Crippen LogP contribution is -2.01. The quantitative estimate of drug-likeness (QED) is 0.0628. The Bertz CT molecular complexity index is 439. The lowest BCUT2D eigenvalue weighted by atomic mass is 9.89. The lowest BCUT2D eigenvalue weighted by Gasteiger charge is -2.17. The molecule has 0 nitrogen and oxygen atoms in total. The van der Waals surface area contributed by atoms with E-state index < -0.39 is 0 Å². The maximum Gasteiger partial charge on any atom is -0.0414 e. The predicted octanol–water partition coefficient (Wildman–Crippen LogP) is 16.3. The van der Waals surface area contributed by atoms with Crippen molar-refractivity contribution in [1.29, 1.82) is 0 Å². The minimum absolute atomic E-state index is 1.02. The first-order valence-electron chi connectivity index (χ1n) is 20.6. The van der Waals surface area contributed by atoms with Crippen LogP contribution in [0.15, 0.2) is 0 Å². The zero-order chi connectivity index (χ0) is 30.4. The molecule has 0 aliphatic rings. The molecule has 0 aliphatic heterocycles. The van der Waals surface area contributed by atoms with Crippen LogP contribution in [0.3, 0.4) is 0 Å².